The van der Waals surface area contributed by atoms with Gasteiger partial charge in [-0.2, -0.15) is 5.10 Å². The number of anilines is 2. The molecular formula is C34H59N5O3Si. The van der Waals surface area contributed by atoms with Crippen molar-refractivity contribution in [1.82, 2.24) is 20.1 Å². The number of hydrogen-bond acceptors (Lipinski definition) is 6. The van der Waals surface area contributed by atoms with Gasteiger partial charge in [-0.1, -0.05) is 27.2 Å². The number of rotatable bonds is 11. The van der Waals surface area contributed by atoms with Gasteiger partial charge >= 0.3 is 6.09 Å². The van der Waals surface area contributed by atoms with Crippen LogP contribution < -0.4 is 10.6 Å². The summed E-state index contributed by atoms with van der Waals surface area (Å²) in [4.78, 5) is 16.6. The summed E-state index contributed by atoms with van der Waals surface area (Å²) in [6, 6.07) is 6.47. The summed E-state index contributed by atoms with van der Waals surface area (Å²) < 4.78 is 14.3. The maximum Gasteiger partial charge on any atom is 0.407 e. The first-order valence-electron chi connectivity index (χ1n) is 16.2. The van der Waals surface area contributed by atoms with Crippen molar-refractivity contribution in [2.24, 2.45) is 0 Å². The van der Waals surface area contributed by atoms with E-state index in [-0.39, 0.29) is 22.7 Å². The molecule has 2 aromatic rings. The molecule has 43 heavy (non-hydrogen) atoms. The molecule has 1 saturated carbocycles. The fraction of sp³-hybridized carbons (Fsp3) is 0.735. The third-order valence-electron chi connectivity index (χ3n) is 8.61. The summed E-state index contributed by atoms with van der Waals surface area (Å²) >= 11 is 0. The quantitative estimate of drug-likeness (QED) is 0.194. The minimum Gasteiger partial charge on any atom is -0.444 e. The van der Waals surface area contributed by atoms with Gasteiger partial charge in [0.15, 0.2) is 8.32 Å². The average Bonchev–Trinajstić information content (AvgIpc) is 3.47. The van der Waals surface area contributed by atoms with Crippen LogP contribution >= 0.6 is 0 Å². The maximum absolute atomic E-state index is 12.0. The minimum absolute atomic E-state index is 0.0662. The van der Waals surface area contributed by atoms with E-state index >= 15 is 0 Å². The molecule has 9 heteroatoms. The van der Waals surface area contributed by atoms with Gasteiger partial charge in [-0.05, 0) is 117 Å². The molecule has 3 atom stereocenters. The Morgan fingerprint density at radius 2 is 1.77 bits per heavy atom. The number of carbonyl (C=O) groups excluding carboxylic acids is 1. The first-order valence-corrected chi connectivity index (χ1v) is 19.1. The van der Waals surface area contributed by atoms with E-state index in [1.54, 1.807) is 0 Å². The van der Waals surface area contributed by atoms with Crippen molar-refractivity contribution in [3.63, 3.8) is 0 Å². The van der Waals surface area contributed by atoms with Gasteiger partial charge in [0.2, 0.25) is 0 Å². The van der Waals surface area contributed by atoms with Crippen molar-refractivity contribution < 1.29 is 14.0 Å². The van der Waals surface area contributed by atoms with Crippen molar-refractivity contribution >= 4 is 25.9 Å². The Kier molecular flexibility index (Phi) is 11.2. The second-order valence-electron chi connectivity index (χ2n) is 16.0. The lowest BCUT2D eigenvalue weighted by Crippen LogP contribution is -2.43. The van der Waals surface area contributed by atoms with Gasteiger partial charge in [-0.25, -0.2) is 9.48 Å². The van der Waals surface area contributed by atoms with Crippen molar-refractivity contribution in [3.8, 4) is 0 Å². The summed E-state index contributed by atoms with van der Waals surface area (Å²) in [5.41, 5.74) is 2.59. The molecule has 0 aliphatic heterocycles. The van der Waals surface area contributed by atoms with Gasteiger partial charge in [0, 0.05) is 41.7 Å². The van der Waals surface area contributed by atoms with Crippen LogP contribution in [0, 0.1) is 0 Å². The highest BCUT2D eigenvalue weighted by atomic mass is 28.4. The second kappa shape index (κ2) is 13.7. The SMILES string of the molecule is C[C@@H](CCCCc1cc(Nc2cc([C@H]3CC[C@@H](O[Si](C)(C)C(C)(C)C)C3)nn2C(C)(C)C)ccn1)NC(=O)OC(C)(C)C. The molecular weight excluding hydrogens is 554 g/mol. The number of carbonyl (C=O) groups is 1. The van der Waals surface area contributed by atoms with Gasteiger partial charge < -0.3 is 19.8 Å². The van der Waals surface area contributed by atoms with Crippen LogP contribution in [0.15, 0.2) is 24.4 Å². The molecule has 8 nitrogen and oxygen atoms in total. The van der Waals surface area contributed by atoms with Gasteiger partial charge in [0.25, 0.3) is 0 Å². The predicted molar refractivity (Wildman–Crippen MR) is 180 cm³/mol. The van der Waals surface area contributed by atoms with E-state index in [1.165, 1.54) is 0 Å². The van der Waals surface area contributed by atoms with Crippen LogP contribution in [0.5, 0.6) is 0 Å². The summed E-state index contributed by atoms with van der Waals surface area (Å²) in [6.07, 6.45) is 8.88. The zero-order valence-corrected chi connectivity index (χ0v) is 30.1. The number of aryl methyl sites for hydroxylation is 1. The molecule has 242 valence electrons. The number of alkyl carbamates (subject to hydrolysis) is 1. The number of aromatic nitrogens is 3. The third-order valence-corrected chi connectivity index (χ3v) is 13.1. The van der Waals surface area contributed by atoms with Gasteiger partial charge in [0.1, 0.15) is 11.4 Å². The van der Waals surface area contributed by atoms with Crippen LogP contribution in [0.25, 0.3) is 0 Å². The fourth-order valence-corrected chi connectivity index (χ4v) is 6.69. The second-order valence-corrected chi connectivity index (χ2v) is 20.8. The number of amides is 1. The van der Waals surface area contributed by atoms with Crippen molar-refractivity contribution in [2.45, 2.75) is 162 Å². The van der Waals surface area contributed by atoms with Crippen LogP contribution in [-0.2, 0) is 21.1 Å². The number of pyridine rings is 1. The molecule has 0 saturated heterocycles. The van der Waals surface area contributed by atoms with E-state index in [0.29, 0.717) is 12.0 Å². The predicted octanol–water partition coefficient (Wildman–Crippen LogP) is 9.06. The molecule has 3 rings (SSSR count). The highest BCUT2D eigenvalue weighted by Crippen LogP contribution is 2.43. The Hall–Kier alpha value is -2.39. The Bertz CT molecular complexity index is 1210. The lowest BCUT2D eigenvalue weighted by molar-refractivity contribution is 0.0505. The van der Waals surface area contributed by atoms with Crippen molar-refractivity contribution in [1.29, 1.82) is 0 Å². The molecule has 1 aliphatic rings. The highest BCUT2D eigenvalue weighted by Gasteiger charge is 2.41. The van der Waals surface area contributed by atoms with Crippen LogP contribution in [0.1, 0.15) is 125 Å². The third kappa shape index (κ3) is 10.6. The molecule has 0 bridgehead atoms. The van der Waals surface area contributed by atoms with Crippen LogP contribution in [-0.4, -0.2) is 46.9 Å². The number of ether oxygens (including phenoxy) is 1. The van der Waals surface area contributed by atoms with E-state index in [4.69, 9.17) is 14.3 Å². The smallest absolute Gasteiger partial charge is 0.407 e. The molecule has 2 heterocycles. The Labute approximate surface area is 262 Å². The normalized spacial score (nSPS) is 18.9. The molecule has 0 spiro atoms. The fourth-order valence-electron chi connectivity index (χ4n) is 5.29. The maximum atomic E-state index is 12.0. The first-order chi connectivity index (χ1) is 19.7. The average molecular weight is 614 g/mol. The van der Waals surface area contributed by atoms with Gasteiger partial charge in [-0.15, -0.1) is 0 Å². The largest absolute Gasteiger partial charge is 0.444 e. The number of nitrogens with zero attached hydrogens (tertiary/aromatic N) is 3. The minimum atomic E-state index is -1.79. The number of nitrogens with one attached hydrogen (secondary N) is 2. The molecule has 0 radical (unpaired) electrons. The van der Waals surface area contributed by atoms with Crippen LogP contribution in [0.3, 0.4) is 0 Å². The van der Waals surface area contributed by atoms with E-state index in [9.17, 15) is 4.79 Å². The Morgan fingerprint density at radius 3 is 2.40 bits per heavy atom. The van der Waals surface area contributed by atoms with Crippen molar-refractivity contribution in [2.75, 3.05) is 5.32 Å². The molecule has 0 unspecified atom stereocenters. The summed E-state index contributed by atoms with van der Waals surface area (Å²) in [5, 5.41) is 11.9. The molecule has 1 aliphatic carbocycles. The number of unbranched alkanes of at least 4 members (excludes halogenated alkanes) is 1. The standard InChI is InChI=1S/C34H59N5O3Si/c1-24(36-31(40)41-33(5,6)7)15-13-14-16-26-22-27(19-20-35-26)37-30-23-29(38-39(30)32(2,3)4)25-17-18-28(21-25)42-43(11,12)34(8,9)10/h19-20,22-25,28H,13-18,21H2,1-12H3,(H,35,37)(H,36,40)/t24-,25-,28+/m0/s1. The van der Waals surface area contributed by atoms with E-state index in [2.05, 4.69) is 87.1 Å². The van der Waals surface area contributed by atoms with E-state index < -0.39 is 13.9 Å². The lowest BCUT2D eigenvalue weighted by atomic mass is 10.0. The van der Waals surface area contributed by atoms with Crippen molar-refractivity contribution in [3.05, 3.63) is 35.8 Å². The molecule has 0 aromatic carbocycles. The summed E-state index contributed by atoms with van der Waals surface area (Å²) in [5.74, 6) is 1.43. The zero-order valence-electron chi connectivity index (χ0n) is 29.1. The van der Waals surface area contributed by atoms with E-state index in [0.717, 1.165) is 67.8 Å². The number of hydrogen-bond donors (Lipinski definition) is 2. The summed E-state index contributed by atoms with van der Waals surface area (Å²) in [7, 11) is -1.79. The Balaban J connectivity index is 1.59. The van der Waals surface area contributed by atoms with Gasteiger partial charge in [-0.3, -0.25) is 4.98 Å². The highest BCUT2D eigenvalue weighted by molar-refractivity contribution is 6.74. The van der Waals surface area contributed by atoms with Crippen LogP contribution in [0.4, 0.5) is 16.3 Å². The molecule has 1 fully saturated rings. The monoisotopic (exact) mass is 613 g/mol. The summed E-state index contributed by atoms with van der Waals surface area (Å²) in [6.45, 7) is 25.9. The molecule has 1 amide bonds. The molecule has 2 aromatic heterocycles. The zero-order chi connectivity index (χ0) is 32.2. The topological polar surface area (TPSA) is 90.3 Å². The van der Waals surface area contributed by atoms with E-state index in [1.807, 2.05) is 40.0 Å². The van der Waals surface area contributed by atoms with Crippen LogP contribution in [0.2, 0.25) is 18.1 Å². The van der Waals surface area contributed by atoms with Gasteiger partial charge in [0.05, 0.1) is 11.2 Å². The Morgan fingerprint density at radius 1 is 1.07 bits per heavy atom. The molecule has 2 N–H and O–H groups in total. The lowest BCUT2D eigenvalue weighted by Gasteiger charge is -2.38. The first kappa shape index (κ1) is 35.1.